The molecule has 2 rings (SSSR count). The van der Waals surface area contributed by atoms with Crippen molar-refractivity contribution in [3.8, 4) is 11.4 Å². The number of hydrogen-bond donors (Lipinski definition) is 0. The summed E-state index contributed by atoms with van der Waals surface area (Å²) in [4.78, 5) is 0. The van der Waals surface area contributed by atoms with Crippen molar-refractivity contribution in [1.82, 2.24) is 14.8 Å². The molecule has 0 bridgehead atoms. The Morgan fingerprint density at radius 3 is 2.88 bits per heavy atom. The van der Waals surface area contributed by atoms with Gasteiger partial charge in [0.25, 0.3) is 0 Å². The summed E-state index contributed by atoms with van der Waals surface area (Å²) in [5.41, 5.74) is 3.65. The van der Waals surface area contributed by atoms with Crippen LogP contribution in [0.3, 0.4) is 0 Å². The van der Waals surface area contributed by atoms with Gasteiger partial charge in [-0.25, -0.2) is 0 Å². The molecular formula is C13H17N3O. The van der Waals surface area contributed by atoms with Crippen molar-refractivity contribution in [1.29, 1.82) is 0 Å². The molecule has 1 heterocycles. The molecule has 0 aliphatic heterocycles. The molecule has 17 heavy (non-hydrogen) atoms. The first kappa shape index (κ1) is 11.8. The topological polar surface area (TPSA) is 39.9 Å². The van der Waals surface area contributed by atoms with Crippen LogP contribution < -0.4 is 0 Å². The average molecular weight is 231 g/mol. The first-order chi connectivity index (χ1) is 8.24. The lowest BCUT2D eigenvalue weighted by Gasteiger charge is -2.09. The summed E-state index contributed by atoms with van der Waals surface area (Å²) in [5, 5.41) is 8.18. The van der Waals surface area contributed by atoms with E-state index in [-0.39, 0.29) is 0 Å². The van der Waals surface area contributed by atoms with Gasteiger partial charge in [-0.1, -0.05) is 18.2 Å². The molecule has 0 unspecified atom stereocenters. The monoisotopic (exact) mass is 231 g/mol. The first-order valence-electron chi connectivity index (χ1n) is 5.67. The summed E-state index contributed by atoms with van der Waals surface area (Å²) in [7, 11) is 1.70. The number of aromatic nitrogens is 3. The van der Waals surface area contributed by atoms with Crippen LogP contribution in [-0.2, 0) is 11.3 Å². The van der Waals surface area contributed by atoms with Crippen LogP contribution in [-0.4, -0.2) is 28.5 Å². The maximum Gasteiger partial charge on any atom is 0.164 e. The third-order valence-electron chi connectivity index (χ3n) is 3.00. The number of nitrogens with zero attached hydrogens (tertiary/aromatic N) is 3. The van der Waals surface area contributed by atoms with Gasteiger partial charge in [-0.2, -0.15) is 0 Å². The van der Waals surface area contributed by atoms with Gasteiger partial charge >= 0.3 is 0 Å². The van der Waals surface area contributed by atoms with Gasteiger partial charge in [0.1, 0.15) is 6.33 Å². The van der Waals surface area contributed by atoms with E-state index in [1.807, 2.05) is 10.6 Å². The number of aryl methyl sites for hydroxylation is 1. The second kappa shape index (κ2) is 5.10. The number of rotatable bonds is 4. The van der Waals surface area contributed by atoms with E-state index in [9.17, 15) is 0 Å². The summed E-state index contributed by atoms with van der Waals surface area (Å²) >= 11 is 0. The predicted molar refractivity (Wildman–Crippen MR) is 66.8 cm³/mol. The average Bonchev–Trinajstić information content (AvgIpc) is 2.78. The summed E-state index contributed by atoms with van der Waals surface area (Å²) < 4.78 is 7.10. The Kier molecular flexibility index (Phi) is 3.54. The van der Waals surface area contributed by atoms with E-state index in [1.54, 1.807) is 13.4 Å². The third-order valence-corrected chi connectivity index (χ3v) is 3.00. The molecule has 2 aromatic rings. The second-order valence-corrected chi connectivity index (χ2v) is 4.09. The van der Waals surface area contributed by atoms with Gasteiger partial charge < -0.3 is 9.30 Å². The van der Waals surface area contributed by atoms with Crippen LogP contribution in [0, 0.1) is 13.8 Å². The molecule has 0 amide bonds. The third kappa shape index (κ3) is 2.36. The second-order valence-electron chi connectivity index (χ2n) is 4.09. The Balaban J connectivity index is 2.39. The minimum atomic E-state index is 0.663. The van der Waals surface area contributed by atoms with E-state index in [2.05, 4.69) is 36.2 Å². The fourth-order valence-electron chi connectivity index (χ4n) is 1.81. The molecule has 0 aliphatic carbocycles. The van der Waals surface area contributed by atoms with Gasteiger partial charge in [0, 0.05) is 19.2 Å². The van der Waals surface area contributed by atoms with Gasteiger partial charge in [-0.3, -0.25) is 0 Å². The van der Waals surface area contributed by atoms with Crippen molar-refractivity contribution in [3.63, 3.8) is 0 Å². The minimum absolute atomic E-state index is 0.663. The summed E-state index contributed by atoms with van der Waals surface area (Å²) in [6.07, 6.45) is 1.75. The molecule has 90 valence electrons. The van der Waals surface area contributed by atoms with E-state index in [0.717, 1.165) is 17.9 Å². The number of hydrogen-bond acceptors (Lipinski definition) is 3. The van der Waals surface area contributed by atoms with E-state index in [4.69, 9.17) is 4.74 Å². The lowest BCUT2D eigenvalue weighted by atomic mass is 10.0. The Bertz CT molecular complexity index is 505. The smallest absolute Gasteiger partial charge is 0.164 e. The highest BCUT2D eigenvalue weighted by Gasteiger charge is 2.10. The highest BCUT2D eigenvalue weighted by atomic mass is 16.5. The quantitative estimate of drug-likeness (QED) is 0.810. The molecule has 1 aromatic heterocycles. The van der Waals surface area contributed by atoms with Crippen molar-refractivity contribution < 1.29 is 4.74 Å². The lowest BCUT2D eigenvalue weighted by Crippen LogP contribution is -2.05. The van der Waals surface area contributed by atoms with Crippen molar-refractivity contribution >= 4 is 0 Å². The standard InChI is InChI=1S/C13H17N3O/c1-10-5-4-6-12(11(10)2)13-15-14-9-16(13)7-8-17-3/h4-6,9H,7-8H2,1-3H3. The van der Waals surface area contributed by atoms with Crippen LogP contribution in [0.15, 0.2) is 24.5 Å². The molecule has 0 N–H and O–H groups in total. The molecule has 0 saturated carbocycles. The summed E-state index contributed by atoms with van der Waals surface area (Å²) in [6, 6.07) is 6.23. The summed E-state index contributed by atoms with van der Waals surface area (Å²) in [5.74, 6) is 0.906. The normalized spacial score (nSPS) is 10.8. The number of benzene rings is 1. The maximum atomic E-state index is 5.08. The van der Waals surface area contributed by atoms with Gasteiger partial charge in [-0.05, 0) is 25.0 Å². The summed E-state index contributed by atoms with van der Waals surface area (Å²) in [6.45, 7) is 5.65. The molecule has 0 saturated heterocycles. The molecule has 1 aromatic carbocycles. The maximum absolute atomic E-state index is 5.08. The molecule has 0 aliphatic rings. The Hall–Kier alpha value is -1.68. The lowest BCUT2D eigenvalue weighted by molar-refractivity contribution is 0.187. The van der Waals surface area contributed by atoms with Crippen LogP contribution in [0.5, 0.6) is 0 Å². The van der Waals surface area contributed by atoms with E-state index in [1.165, 1.54) is 11.1 Å². The van der Waals surface area contributed by atoms with Gasteiger partial charge in [0.15, 0.2) is 5.82 Å². The van der Waals surface area contributed by atoms with Crippen LogP contribution in [0.4, 0.5) is 0 Å². The fourth-order valence-corrected chi connectivity index (χ4v) is 1.81. The highest BCUT2D eigenvalue weighted by Crippen LogP contribution is 2.23. The van der Waals surface area contributed by atoms with Gasteiger partial charge in [-0.15, -0.1) is 10.2 Å². The van der Waals surface area contributed by atoms with E-state index < -0.39 is 0 Å². The molecule has 4 nitrogen and oxygen atoms in total. The zero-order chi connectivity index (χ0) is 12.3. The molecular weight excluding hydrogens is 214 g/mol. The van der Waals surface area contributed by atoms with Gasteiger partial charge in [0.2, 0.25) is 0 Å². The highest BCUT2D eigenvalue weighted by molar-refractivity contribution is 5.61. The zero-order valence-corrected chi connectivity index (χ0v) is 10.5. The van der Waals surface area contributed by atoms with Crippen molar-refractivity contribution in [3.05, 3.63) is 35.7 Å². The number of ether oxygens (including phenoxy) is 1. The van der Waals surface area contributed by atoms with Crippen LogP contribution >= 0.6 is 0 Å². The van der Waals surface area contributed by atoms with Gasteiger partial charge in [0.05, 0.1) is 6.61 Å². The predicted octanol–water partition coefficient (Wildman–Crippen LogP) is 2.21. The van der Waals surface area contributed by atoms with Crippen LogP contribution in [0.1, 0.15) is 11.1 Å². The Labute approximate surface area is 101 Å². The number of methoxy groups -OCH3 is 1. The first-order valence-corrected chi connectivity index (χ1v) is 5.67. The Morgan fingerprint density at radius 2 is 2.12 bits per heavy atom. The minimum Gasteiger partial charge on any atom is -0.383 e. The largest absolute Gasteiger partial charge is 0.383 e. The Morgan fingerprint density at radius 1 is 1.29 bits per heavy atom. The fraction of sp³-hybridized carbons (Fsp3) is 0.385. The van der Waals surface area contributed by atoms with E-state index in [0.29, 0.717) is 6.61 Å². The van der Waals surface area contributed by atoms with Crippen molar-refractivity contribution in [2.45, 2.75) is 20.4 Å². The van der Waals surface area contributed by atoms with Crippen LogP contribution in [0.2, 0.25) is 0 Å². The van der Waals surface area contributed by atoms with Crippen LogP contribution in [0.25, 0.3) is 11.4 Å². The molecule has 0 radical (unpaired) electrons. The van der Waals surface area contributed by atoms with E-state index >= 15 is 0 Å². The zero-order valence-electron chi connectivity index (χ0n) is 10.5. The van der Waals surface area contributed by atoms with Crippen molar-refractivity contribution in [2.75, 3.05) is 13.7 Å². The molecule has 0 fully saturated rings. The van der Waals surface area contributed by atoms with Crippen molar-refractivity contribution in [2.24, 2.45) is 0 Å². The molecule has 4 heteroatoms. The molecule has 0 spiro atoms. The molecule has 0 atom stereocenters. The SMILES string of the molecule is COCCn1cnnc1-c1cccc(C)c1C.